The Morgan fingerprint density at radius 2 is 2.36 bits per heavy atom. The third kappa shape index (κ3) is 2.48. The molecule has 0 atom stereocenters. The summed E-state index contributed by atoms with van der Waals surface area (Å²) in [5.41, 5.74) is 2.56. The van der Waals surface area contributed by atoms with Gasteiger partial charge in [-0.3, -0.25) is 10.1 Å². The second-order valence-electron chi connectivity index (χ2n) is 2.57. The van der Waals surface area contributed by atoms with Crippen LogP contribution in [0.5, 0.6) is 0 Å². The molecule has 0 spiro atoms. The molecule has 5 nitrogen and oxygen atoms in total. The summed E-state index contributed by atoms with van der Waals surface area (Å²) in [7, 11) is 1.43. The number of nitrogens with one attached hydrogen (secondary N) is 1. The van der Waals surface area contributed by atoms with Crippen molar-refractivity contribution in [1.29, 1.82) is 0 Å². The van der Waals surface area contributed by atoms with E-state index in [1.54, 1.807) is 0 Å². The average molecular weight is 200 g/mol. The van der Waals surface area contributed by atoms with Crippen molar-refractivity contribution in [3.05, 3.63) is 39.7 Å². The van der Waals surface area contributed by atoms with E-state index in [2.05, 4.69) is 10.3 Å². The molecule has 76 valence electrons. The quantitative estimate of drug-likeness (QED) is 0.589. The van der Waals surface area contributed by atoms with Gasteiger partial charge in [-0.2, -0.15) is 9.87 Å². The molecule has 6 heteroatoms. The smallest absolute Gasteiger partial charge is 0.304 e. The zero-order valence-corrected chi connectivity index (χ0v) is 7.49. The minimum Gasteiger partial charge on any atom is -0.305 e. The lowest BCUT2D eigenvalue weighted by Gasteiger charge is -2.01. The Bertz CT molecular complexity index is 343. The number of rotatable bonds is 4. The topological polar surface area (TPSA) is 64.4 Å². The number of hydroxylamine groups is 1. The molecule has 0 heterocycles. The second kappa shape index (κ2) is 4.64. The van der Waals surface area contributed by atoms with Gasteiger partial charge in [0.05, 0.1) is 12.0 Å². The van der Waals surface area contributed by atoms with E-state index in [-0.39, 0.29) is 0 Å². The van der Waals surface area contributed by atoms with E-state index >= 15 is 0 Å². The molecular weight excluding hydrogens is 191 g/mol. The van der Waals surface area contributed by atoms with Gasteiger partial charge >= 0.3 is 5.69 Å². The molecule has 0 radical (unpaired) electrons. The number of halogens is 1. The van der Waals surface area contributed by atoms with Crippen LogP contribution in [0.4, 0.5) is 10.1 Å². The predicted molar refractivity (Wildman–Crippen MR) is 46.9 cm³/mol. The number of benzene rings is 1. The SMILES string of the molecule is CONCc1ccc([N+](=O)[O-])c(F)c1. The summed E-state index contributed by atoms with van der Waals surface area (Å²) in [6.45, 7) is 0.297. The van der Waals surface area contributed by atoms with Crippen LogP contribution in [0.2, 0.25) is 0 Å². The fraction of sp³-hybridized carbons (Fsp3) is 0.250. The van der Waals surface area contributed by atoms with Crippen molar-refractivity contribution in [3.8, 4) is 0 Å². The number of nitro benzene ring substituents is 1. The van der Waals surface area contributed by atoms with Gasteiger partial charge in [0.25, 0.3) is 0 Å². The van der Waals surface area contributed by atoms with Gasteiger partial charge in [-0.05, 0) is 11.6 Å². The molecule has 0 amide bonds. The van der Waals surface area contributed by atoms with Crippen molar-refractivity contribution in [1.82, 2.24) is 5.48 Å². The molecule has 0 saturated carbocycles. The van der Waals surface area contributed by atoms with Gasteiger partial charge < -0.3 is 4.84 Å². The van der Waals surface area contributed by atoms with E-state index in [0.29, 0.717) is 12.1 Å². The number of hydrogen-bond acceptors (Lipinski definition) is 4. The molecule has 0 saturated heterocycles. The van der Waals surface area contributed by atoms with Crippen LogP contribution in [0, 0.1) is 15.9 Å². The Kier molecular flexibility index (Phi) is 3.49. The highest BCUT2D eigenvalue weighted by molar-refractivity contribution is 5.34. The van der Waals surface area contributed by atoms with Gasteiger partial charge in [0.2, 0.25) is 5.82 Å². The Labute approximate surface area is 79.6 Å². The normalized spacial score (nSPS) is 10.1. The molecule has 1 N–H and O–H groups in total. The molecule has 1 aromatic carbocycles. The van der Waals surface area contributed by atoms with Crippen molar-refractivity contribution in [3.63, 3.8) is 0 Å². The molecule has 0 aliphatic heterocycles. The number of nitro groups is 1. The van der Waals surface area contributed by atoms with E-state index < -0.39 is 16.4 Å². The minimum atomic E-state index is -0.842. The largest absolute Gasteiger partial charge is 0.305 e. The van der Waals surface area contributed by atoms with Crippen molar-refractivity contribution in [2.45, 2.75) is 6.54 Å². The summed E-state index contributed by atoms with van der Waals surface area (Å²) in [4.78, 5) is 14.1. The predicted octanol–water partition coefficient (Wildman–Crippen LogP) is 1.38. The van der Waals surface area contributed by atoms with Crippen molar-refractivity contribution in [2.75, 3.05) is 7.11 Å². The van der Waals surface area contributed by atoms with Crippen LogP contribution in [-0.2, 0) is 11.4 Å². The molecule has 0 unspecified atom stereocenters. The molecular formula is C8H9FN2O3. The zero-order valence-electron chi connectivity index (χ0n) is 7.49. The minimum absolute atomic E-state index is 0.297. The summed E-state index contributed by atoms with van der Waals surface area (Å²) in [5.74, 6) is -0.842. The molecule has 0 aromatic heterocycles. The maximum Gasteiger partial charge on any atom is 0.304 e. The third-order valence-electron chi connectivity index (χ3n) is 1.63. The summed E-state index contributed by atoms with van der Waals surface area (Å²) in [5, 5.41) is 10.3. The first kappa shape index (κ1) is 10.6. The van der Waals surface area contributed by atoms with Crippen LogP contribution >= 0.6 is 0 Å². The van der Waals surface area contributed by atoms with Crippen LogP contribution in [0.15, 0.2) is 18.2 Å². The van der Waals surface area contributed by atoms with E-state index in [1.165, 1.54) is 13.2 Å². The van der Waals surface area contributed by atoms with Crippen molar-refractivity contribution >= 4 is 5.69 Å². The standard InChI is InChI=1S/C8H9FN2O3/c1-14-10-5-6-2-3-8(11(12)13)7(9)4-6/h2-4,10H,5H2,1H3. The van der Waals surface area contributed by atoms with Gasteiger partial charge in [-0.1, -0.05) is 6.07 Å². The van der Waals surface area contributed by atoms with Gasteiger partial charge in [0, 0.05) is 12.6 Å². The maximum absolute atomic E-state index is 13.0. The van der Waals surface area contributed by atoms with Gasteiger partial charge in [0.15, 0.2) is 0 Å². The first-order valence-corrected chi connectivity index (χ1v) is 3.84. The van der Waals surface area contributed by atoms with Crippen molar-refractivity contribution < 1.29 is 14.2 Å². The lowest BCUT2D eigenvalue weighted by molar-refractivity contribution is -0.387. The van der Waals surface area contributed by atoms with Gasteiger partial charge in [0.1, 0.15) is 0 Å². The Hall–Kier alpha value is -1.53. The first-order valence-electron chi connectivity index (χ1n) is 3.84. The molecule has 1 rings (SSSR count). The summed E-state index contributed by atoms with van der Waals surface area (Å²) < 4.78 is 13.0. The molecule has 14 heavy (non-hydrogen) atoms. The molecule has 0 bridgehead atoms. The Morgan fingerprint density at radius 3 is 2.86 bits per heavy atom. The van der Waals surface area contributed by atoms with Crippen LogP contribution in [-0.4, -0.2) is 12.0 Å². The van der Waals surface area contributed by atoms with E-state index in [0.717, 1.165) is 12.1 Å². The second-order valence-corrected chi connectivity index (χ2v) is 2.57. The van der Waals surface area contributed by atoms with Crippen molar-refractivity contribution in [2.24, 2.45) is 0 Å². The molecule has 1 aromatic rings. The Balaban J connectivity index is 2.83. The maximum atomic E-state index is 13.0. The lowest BCUT2D eigenvalue weighted by Crippen LogP contribution is -2.10. The van der Waals surface area contributed by atoms with Crippen LogP contribution < -0.4 is 5.48 Å². The van der Waals surface area contributed by atoms with Crippen LogP contribution in [0.1, 0.15) is 5.56 Å². The highest BCUT2D eigenvalue weighted by atomic mass is 19.1. The third-order valence-corrected chi connectivity index (χ3v) is 1.63. The average Bonchev–Trinajstić information content (AvgIpc) is 2.14. The Morgan fingerprint density at radius 1 is 1.64 bits per heavy atom. The highest BCUT2D eigenvalue weighted by Gasteiger charge is 2.13. The lowest BCUT2D eigenvalue weighted by atomic mass is 10.2. The van der Waals surface area contributed by atoms with Gasteiger partial charge in [-0.15, -0.1) is 0 Å². The molecule has 0 aliphatic rings. The summed E-state index contributed by atoms with van der Waals surface area (Å²) >= 11 is 0. The van der Waals surface area contributed by atoms with Crippen LogP contribution in [0.3, 0.4) is 0 Å². The van der Waals surface area contributed by atoms with E-state index in [4.69, 9.17) is 0 Å². The van der Waals surface area contributed by atoms with E-state index in [9.17, 15) is 14.5 Å². The number of nitrogens with zero attached hydrogens (tertiary/aromatic N) is 1. The molecule has 0 fully saturated rings. The van der Waals surface area contributed by atoms with E-state index in [1.807, 2.05) is 0 Å². The summed E-state index contributed by atoms with van der Waals surface area (Å²) in [6.07, 6.45) is 0. The fourth-order valence-electron chi connectivity index (χ4n) is 0.964. The first-order chi connectivity index (χ1) is 6.65. The van der Waals surface area contributed by atoms with Crippen LogP contribution in [0.25, 0.3) is 0 Å². The highest BCUT2D eigenvalue weighted by Crippen LogP contribution is 2.17. The molecule has 0 aliphatic carbocycles. The number of hydrogen-bond donors (Lipinski definition) is 1. The summed E-state index contributed by atoms with van der Waals surface area (Å²) in [6, 6.07) is 3.69. The monoisotopic (exact) mass is 200 g/mol. The van der Waals surface area contributed by atoms with Gasteiger partial charge in [-0.25, -0.2) is 0 Å². The fourth-order valence-corrected chi connectivity index (χ4v) is 0.964. The zero-order chi connectivity index (χ0) is 10.6.